The Kier molecular flexibility index (Phi) is 53.0. The Hall–Kier alpha value is -4.19. The Morgan fingerprint density at radius 2 is 0.638 bits per heavy atom. The van der Waals surface area contributed by atoms with E-state index in [1.54, 1.807) is 0 Å². The molecule has 0 saturated carbocycles. The number of ether oxygens (including phenoxy) is 3. The summed E-state index contributed by atoms with van der Waals surface area (Å²) in [5.41, 5.74) is 0. The first-order chi connectivity index (χ1) is 34.0. The van der Waals surface area contributed by atoms with E-state index in [4.69, 9.17) is 14.2 Å². The average molecular weight is 956 g/mol. The van der Waals surface area contributed by atoms with Gasteiger partial charge in [0.1, 0.15) is 13.2 Å². The summed E-state index contributed by atoms with van der Waals surface area (Å²) in [5, 5.41) is 0. The number of carbonyl (C=O) groups is 3. The van der Waals surface area contributed by atoms with E-state index >= 15 is 0 Å². The second kappa shape index (κ2) is 56.4. The molecule has 6 heteroatoms. The topological polar surface area (TPSA) is 78.9 Å². The first-order valence-corrected chi connectivity index (χ1v) is 28.1. The van der Waals surface area contributed by atoms with Gasteiger partial charge < -0.3 is 14.2 Å². The van der Waals surface area contributed by atoms with Gasteiger partial charge >= 0.3 is 17.9 Å². The van der Waals surface area contributed by atoms with Crippen LogP contribution in [0.5, 0.6) is 0 Å². The van der Waals surface area contributed by atoms with Crippen LogP contribution in [-0.4, -0.2) is 37.2 Å². The largest absolute Gasteiger partial charge is 0.462 e. The lowest BCUT2D eigenvalue weighted by molar-refractivity contribution is -0.167. The summed E-state index contributed by atoms with van der Waals surface area (Å²) in [5.74, 6) is -0.956. The number of hydrogen-bond donors (Lipinski definition) is 0. The molecule has 0 aliphatic rings. The van der Waals surface area contributed by atoms with Crippen molar-refractivity contribution in [1.29, 1.82) is 0 Å². The van der Waals surface area contributed by atoms with Gasteiger partial charge in [-0.05, 0) is 116 Å². The maximum Gasteiger partial charge on any atom is 0.306 e. The maximum atomic E-state index is 12.9. The molecule has 0 heterocycles. The highest BCUT2D eigenvalue weighted by Gasteiger charge is 2.19. The molecule has 0 aliphatic heterocycles. The van der Waals surface area contributed by atoms with Gasteiger partial charge in [0.15, 0.2) is 6.10 Å². The zero-order valence-electron chi connectivity index (χ0n) is 44.5. The summed E-state index contributed by atoms with van der Waals surface area (Å²) in [4.78, 5) is 38.2. The smallest absolute Gasteiger partial charge is 0.306 e. The van der Waals surface area contributed by atoms with Gasteiger partial charge in [-0.15, -0.1) is 0 Å². The van der Waals surface area contributed by atoms with Crippen LogP contribution < -0.4 is 0 Å². The normalized spacial score (nSPS) is 13.0. The second-order valence-electron chi connectivity index (χ2n) is 18.1. The minimum atomic E-state index is -0.805. The molecule has 0 fully saturated rings. The fourth-order valence-electron chi connectivity index (χ4n) is 7.32. The van der Waals surface area contributed by atoms with E-state index in [1.807, 2.05) is 0 Å². The molecular weight excluding hydrogens is 853 g/mol. The summed E-state index contributed by atoms with van der Waals surface area (Å²) in [6.45, 7) is 6.32. The first kappa shape index (κ1) is 64.8. The van der Waals surface area contributed by atoms with Crippen LogP contribution in [0.3, 0.4) is 0 Å². The number of esters is 3. The summed E-state index contributed by atoms with van der Waals surface area (Å²) in [7, 11) is 0. The van der Waals surface area contributed by atoms with Gasteiger partial charge in [-0.2, -0.15) is 0 Å². The molecular formula is C63H102O6. The van der Waals surface area contributed by atoms with Crippen molar-refractivity contribution in [3.63, 3.8) is 0 Å². The van der Waals surface area contributed by atoms with Gasteiger partial charge in [-0.1, -0.05) is 226 Å². The molecule has 0 N–H and O–H groups in total. The highest BCUT2D eigenvalue weighted by atomic mass is 16.6. The van der Waals surface area contributed by atoms with Crippen molar-refractivity contribution >= 4 is 17.9 Å². The molecule has 6 nitrogen and oxygen atoms in total. The van der Waals surface area contributed by atoms with Crippen molar-refractivity contribution in [2.24, 2.45) is 0 Å². The third-order valence-corrected chi connectivity index (χ3v) is 11.5. The van der Waals surface area contributed by atoms with E-state index in [9.17, 15) is 14.4 Å². The first-order valence-electron chi connectivity index (χ1n) is 28.1. The Labute approximate surface area is 424 Å². The Balaban J connectivity index is 4.50. The van der Waals surface area contributed by atoms with Crippen LogP contribution in [0.15, 0.2) is 122 Å². The lowest BCUT2D eigenvalue weighted by atomic mass is 10.1. The van der Waals surface area contributed by atoms with Crippen LogP contribution in [0.1, 0.15) is 239 Å². The number of carbonyl (C=O) groups excluding carboxylic acids is 3. The van der Waals surface area contributed by atoms with Gasteiger partial charge in [0.2, 0.25) is 0 Å². The van der Waals surface area contributed by atoms with E-state index in [0.29, 0.717) is 19.3 Å². The Morgan fingerprint density at radius 3 is 1.06 bits per heavy atom. The van der Waals surface area contributed by atoms with E-state index in [2.05, 4.69) is 142 Å². The third-order valence-electron chi connectivity index (χ3n) is 11.5. The van der Waals surface area contributed by atoms with E-state index in [1.165, 1.54) is 77.0 Å². The number of rotatable bonds is 49. The monoisotopic (exact) mass is 955 g/mol. The van der Waals surface area contributed by atoms with Gasteiger partial charge in [-0.25, -0.2) is 0 Å². The van der Waals surface area contributed by atoms with Crippen molar-refractivity contribution in [2.75, 3.05) is 13.2 Å². The fourth-order valence-corrected chi connectivity index (χ4v) is 7.32. The zero-order chi connectivity index (χ0) is 50.0. The summed E-state index contributed by atoms with van der Waals surface area (Å²) in [6, 6.07) is 0. The number of allylic oxidation sites excluding steroid dienone is 20. The van der Waals surface area contributed by atoms with Gasteiger partial charge in [0.25, 0.3) is 0 Å². The Bertz CT molecular complexity index is 1470. The lowest BCUT2D eigenvalue weighted by Crippen LogP contribution is -2.30. The molecule has 0 saturated heterocycles. The molecule has 0 aliphatic carbocycles. The van der Waals surface area contributed by atoms with Crippen molar-refractivity contribution in [3.8, 4) is 0 Å². The molecule has 0 spiro atoms. The molecule has 0 bridgehead atoms. The van der Waals surface area contributed by atoms with Crippen molar-refractivity contribution in [3.05, 3.63) is 122 Å². The third kappa shape index (κ3) is 54.6. The van der Waals surface area contributed by atoms with Crippen LogP contribution in [-0.2, 0) is 28.6 Å². The summed E-state index contributed by atoms with van der Waals surface area (Å²) < 4.78 is 16.8. The van der Waals surface area contributed by atoms with Crippen molar-refractivity contribution in [2.45, 2.75) is 245 Å². The van der Waals surface area contributed by atoms with E-state index in [0.717, 1.165) is 122 Å². The molecule has 390 valence electrons. The average Bonchev–Trinajstić information content (AvgIpc) is 3.35. The summed E-state index contributed by atoms with van der Waals surface area (Å²) >= 11 is 0. The van der Waals surface area contributed by atoms with Crippen molar-refractivity contribution in [1.82, 2.24) is 0 Å². The number of hydrogen-bond acceptors (Lipinski definition) is 6. The fraction of sp³-hybridized carbons (Fsp3) is 0.635. The minimum Gasteiger partial charge on any atom is -0.462 e. The van der Waals surface area contributed by atoms with Crippen molar-refractivity contribution < 1.29 is 28.6 Å². The maximum absolute atomic E-state index is 12.9. The Morgan fingerprint density at radius 1 is 0.319 bits per heavy atom. The molecule has 0 amide bonds. The van der Waals surface area contributed by atoms with E-state index < -0.39 is 6.10 Å². The van der Waals surface area contributed by atoms with Crippen LogP contribution >= 0.6 is 0 Å². The predicted molar refractivity (Wildman–Crippen MR) is 297 cm³/mol. The van der Waals surface area contributed by atoms with Gasteiger partial charge in [-0.3, -0.25) is 14.4 Å². The molecule has 1 unspecified atom stereocenters. The molecule has 0 aromatic heterocycles. The highest BCUT2D eigenvalue weighted by Crippen LogP contribution is 2.14. The quantitative estimate of drug-likeness (QED) is 0.0199. The van der Waals surface area contributed by atoms with Crippen LogP contribution in [0.4, 0.5) is 0 Å². The molecule has 1 atom stereocenters. The van der Waals surface area contributed by atoms with Crippen LogP contribution in [0.2, 0.25) is 0 Å². The van der Waals surface area contributed by atoms with E-state index in [-0.39, 0.29) is 31.1 Å². The molecule has 69 heavy (non-hydrogen) atoms. The SMILES string of the molecule is CC\C=C/C=C\C=C/CCCCCCCCCC(=O)OCC(COC(=O)CCCCC/C=C\C/C=C\C/C=C\C/C=C\C/C=C\CC)OC(=O)CCCCCCCCC/C=C\C/C=C\CCCCC. The van der Waals surface area contributed by atoms with Gasteiger partial charge in [0, 0.05) is 19.3 Å². The highest BCUT2D eigenvalue weighted by molar-refractivity contribution is 5.71. The molecule has 0 radical (unpaired) electrons. The van der Waals surface area contributed by atoms with Gasteiger partial charge in [0.05, 0.1) is 0 Å². The molecule has 0 rings (SSSR count). The van der Waals surface area contributed by atoms with Crippen LogP contribution in [0.25, 0.3) is 0 Å². The number of unbranched alkanes of at least 4 members (excludes halogenated alkanes) is 20. The molecule has 0 aromatic rings. The lowest BCUT2D eigenvalue weighted by Gasteiger charge is -2.18. The molecule has 0 aromatic carbocycles. The summed E-state index contributed by atoms with van der Waals surface area (Å²) in [6.07, 6.45) is 77.5. The second-order valence-corrected chi connectivity index (χ2v) is 18.1. The standard InChI is InChI=1S/C63H102O6/c1-4-7-10-13-16-19-22-25-28-30-31-33-35-38-41-44-47-50-53-56-62(65)68-59-60(58-67-61(64)55-52-49-46-43-40-37-34-27-24-21-18-15-12-9-6-3)69-63(66)57-54-51-48-45-42-39-36-32-29-26-23-20-17-14-11-8-5-2/h7,9-10,12,15-21,24-26,28-29,31,33,38,41,60H,4-6,8,11,13-14,22-23,27,30,32,34-37,39-40,42-59H2,1-3H3/b10-7-,12-9-,18-15-,19-16-,20-17-,24-21-,28-25-,29-26-,33-31-,41-38-. The minimum absolute atomic E-state index is 0.101. The predicted octanol–water partition coefficient (Wildman–Crippen LogP) is 18.9. The van der Waals surface area contributed by atoms with Crippen LogP contribution in [0, 0.1) is 0 Å². The zero-order valence-corrected chi connectivity index (χ0v) is 44.5.